The third-order valence-electron chi connectivity index (χ3n) is 5.76. The van der Waals surface area contributed by atoms with Gasteiger partial charge in [0.1, 0.15) is 0 Å². The molecule has 0 aliphatic rings. The predicted octanol–water partition coefficient (Wildman–Crippen LogP) is 4.79. The number of fused-ring (bicyclic) bond motifs is 1. The van der Waals surface area contributed by atoms with Gasteiger partial charge in [0.25, 0.3) is 0 Å². The van der Waals surface area contributed by atoms with Crippen LogP contribution in [0.2, 0.25) is 0 Å². The van der Waals surface area contributed by atoms with Gasteiger partial charge in [0.05, 0.1) is 5.69 Å². The van der Waals surface area contributed by atoms with Crippen molar-refractivity contribution in [1.82, 2.24) is 19.8 Å². The zero-order chi connectivity index (χ0) is 22.2. The van der Waals surface area contributed by atoms with Crippen LogP contribution >= 0.6 is 0 Å². The fraction of sp³-hybridized carbons (Fsp3) is 0.346. The van der Waals surface area contributed by atoms with Crippen LogP contribution in [-0.2, 0) is 5.41 Å². The third kappa shape index (κ3) is 3.92. The summed E-state index contributed by atoms with van der Waals surface area (Å²) >= 11 is 0. The molecular formula is C26H31N5. The van der Waals surface area contributed by atoms with Gasteiger partial charge in [-0.25, -0.2) is 0 Å². The van der Waals surface area contributed by atoms with Crippen molar-refractivity contribution in [3.63, 3.8) is 0 Å². The summed E-state index contributed by atoms with van der Waals surface area (Å²) in [5, 5.41) is 15.0. The molecule has 0 aliphatic heterocycles. The number of hydrogen-bond donors (Lipinski definition) is 0. The summed E-state index contributed by atoms with van der Waals surface area (Å²) in [5.41, 5.74) is 6.41. The lowest BCUT2D eigenvalue weighted by Gasteiger charge is -2.22. The van der Waals surface area contributed by atoms with E-state index in [0.29, 0.717) is 0 Å². The highest BCUT2D eigenvalue weighted by atomic mass is 15.4. The lowest BCUT2D eigenvalue weighted by atomic mass is 9.90. The second kappa shape index (κ2) is 8.14. The number of anilines is 1. The molecule has 160 valence electrons. The zero-order valence-corrected chi connectivity index (χ0v) is 19.3. The molecular weight excluding hydrogens is 382 g/mol. The first kappa shape index (κ1) is 21.0. The van der Waals surface area contributed by atoms with E-state index in [-0.39, 0.29) is 5.41 Å². The highest BCUT2D eigenvalue weighted by Gasteiger charge is 2.24. The van der Waals surface area contributed by atoms with E-state index in [1.807, 2.05) is 34.8 Å². The molecule has 0 amide bonds. The topological polar surface area (TPSA) is 46.3 Å². The number of nitrogens with zero attached hydrogens (tertiary/aromatic N) is 5. The SMILES string of the molecule is CCN(CC)c1ccc(/C=c2/c(C(C)(C)C)nn3c(-c4ccccc4)nnc23)c(C)c1. The van der Waals surface area contributed by atoms with Crippen molar-refractivity contribution in [2.24, 2.45) is 0 Å². The van der Waals surface area contributed by atoms with Crippen molar-refractivity contribution in [2.75, 3.05) is 18.0 Å². The van der Waals surface area contributed by atoms with Crippen LogP contribution in [0.3, 0.4) is 0 Å². The molecule has 2 heterocycles. The quantitative estimate of drug-likeness (QED) is 0.472. The Hall–Kier alpha value is -3.21. The van der Waals surface area contributed by atoms with Crippen molar-refractivity contribution < 1.29 is 0 Å². The first-order chi connectivity index (χ1) is 14.8. The Kier molecular flexibility index (Phi) is 5.52. The molecule has 0 bridgehead atoms. The van der Waals surface area contributed by atoms with Gasteiger partial charge in [-0.2, -0.15) is 9.61 Å². The summed E-state index contributed by atoms with van der Waals surface area (Å²) in [7, 11) is 0. The van der Waals surface area contributed by atoms with Gasteiger partial charge in [0.2, 0.25) is 0 Å². The van der Waals surface area contributed by atoms with Crippen LogP contribution in [0.1, 0.15) is 51.4 Å². The van der Waals surface area contributed by atoms with Gasteiger partial charge in [-0.3, -0.25) is 0 Å². The molecule has 0 fully saturated rings. The summed E-state index contributed by atoms with van der Waals surface area (Å²) in [6.45, 7) is 15.1. The normalized spacial score (nSPS) is 12.6. The van der Waals surface area contributed by atoms with Crippen molar-refractivity contribution in [1.29, 1.82) is 0 Å². The van der Waals surface area contributed by atoms with E-state index in [1.54, 1.807) is 0 Å². The van der Waals surface area contributed by atoms with Crippen LogP contribution in [0.15, 0.2) is 48.5 Å². The molecule has 0 unspecified atom stereocenters. The average Bonchev–Trinajstić information content (AvgIpc) is 3.31. The number of hydrogen-bond acceptors (Lipinski definition) is 4. The second-order valence-electron chi connectivity index (χ2n) is 8.99. The van der Waals surface area contributed by atoms with Crippen LogP contribution in [0.4, 0.5) is 5.69 Å². The molecule has 0 spiro atoms. The Labute approximate surface area is 184 Å². The monoisotopic (exact) mass is 413 g/mol. The summed E-state index contributed by atoms with van der Waals surface area (Å²) in [6, 6.07) is 16.8. The third-order valence-corrected chi connectivity index (χ3v) is 5.76. The molecule has 31 heavy (non-hydrogen) atoms. The largest absolute Gasteiger partial charge is 0.372 e. The fourth-order valence-electron chi connectivity index (χ4n) is 4.02. The van der Waals surface area contributed by atoms with Crippen LogP contribution in [0.25, 0.3) is 23.1 Å². The summed E-state index contributed by atoms with van der Waals surface area (Å²) in [6.07, 6.45) is 2.22. The van der Waals surface area contributed by atoms with Crippen LogP contribution < -0.4 is 10.1 Å². The van der Waals surface area contributed by atoms with E-state index in [4.69, 9.17) is 5.10 Å². The van der Waals surface area contributed by atoms with Crippen molar-refractivity contribution in [2.45, 2.75) is 47.0 Å². The lowest BCUT2D eigenvalue weighted by Crippen LogP contribution is -2.22. The second-order valence-corrected chi connectivity index (χ2v) is 8.99. The number of benzene rings is 2. The molecule has 2 aromatic heterocycles. The molecule has 5 heteroatoms. The van der Waals surface area contributed by atoms with Crippen molar-refractivity contribution in [3.05, 3.63) is 70.6 Å². The van der Waals surface area contributed by atoms with Crippen LogP contribution in [0, 0.1) is 6.92 Å². The molecule has 5 nitrogen and oxygen atoms in total. The Morgan fingerprint density at radius 1 is 0.968 bits per heavy atom. The first-order valence-corrected chi connectivity index (χ1v) is 11.0. The molecule has 4 rings (SSSR count). The van der Waals surface area contributed by atoms with E-state index in [0.717, 1.165) is 41.0 Å². The van der Waals surface area contributed by atoms with E-state index in [9.17, 15) is 0 Å². The molecule has 0 aliphatic carbocycles. The minimum Gasteiger partial charge on any atom is -0.372 e. The number of aromatic nitrogens is 4. The van der Waals surface area contributed by atoms with Crippen LogP contribution in [-0.4, -0.2) is 32.9 Å². The number of aryl methyl sites for hydroxylation is 1. The van der Waals surface area contributed by atoms with Crippen molar-refractivity contribution in [3.8, 4) is 11.4 Å². The molecule has 0 saturated heterocycles. The van der Waals surface area contributed by atoms with Gasteiger partial charge in [-0.15, -0.1) is 10.2 Å². The van der Waals surface area contributed by atoms with E-state index in [2.05, 4.69) is 80.9 Å². The first-order valence-electron chi connectivity index (χ1n) is 11.0. The lowest BCUT2D eigenvalue weighted by molar-refractivity contribution is 0.559. The van der Waals surface area contributed by atoms with Gasteiger partial charge in [0, 0.05) is 35.0 Å². The zero-order valence-electron chi connectivity index (χ0n) is 19.3. The molecule has 0 atom stereocenters. The maximum atomic E-state index is 4.97. The van der Waals surface area contributed by atoms with E-state index in [1.165, 1.54) is 16.8 Å². The minimum atomic E-state index is -0.116. The van der Waals surface area contributed by atoms with Gasteiger partial charge < -0.3 is 4.90 Å². The summed E-state index contributed by atoms with van der Waals surface area (Å²) in [4.78, 5) is 2.37. The van der Waals surface area contributed by atoms with Gasteiger partial charge in [0.15, 0.2) is 11.5 Å². The maximum Gasteiger partial charge on any atom is 0.187 e. The highest BCUT2D eigenvalue weighted by molar-refractivity contribution is 5.66. The minimum absolute atomic E-state index is 0.116. The molecule has 0 N–H and O–H groups in total. The molecule has 4 aromatic rings. The summed E-state index contributed by atoms with van der Waals surface area (Å²) < 4.78 is 1.89. The smallest absolute Gasteiger partial charge is 0.187 e. The van der Waals surface area contributed by atoms with Gasteiger partial charge in [-0.05, 0) is 50.1 Å². The maximum absolute atomic E-state index is 4.97. The van der Waals surface area contributed by atoms with E-state index < -0.39 is 0 Å². The average molecular weight is 414 g/mol. The standard InChI is InChI=1S/C26H31N5/c1-7-30(8-2)21-15-14-20(18(3)16-21)17-22-23(26(4,5)6)29-31-24(27-28-25(22)31)19-12-10-9-11-13-19/h9-17H,7-8H2,1-6H3/b22-17-. The van der Waals surface area contributed by atoms with Gasteiger partial charge in [-0.1, -0.05) is 57.2 Å². The Balaban J connectivity index is 1.91. The van der Waals surface area contributed by atoms with Gasteiger partial charge >= 0.3 is 0 Å². The van der Waals surface area contributed by atoms with E-state index >= 15 is 0 Å². The predicted molar refractivity (Wildman–Crippen MR) is 128 cm³/mol. The Morgan fingerprint density at radius 2 is 1.68 bits per heavy atom. The highest BCUT2D eigenvalue weighted by Crippen LogP contribution is 2.23. The molecule has 2 aromatic carbocycles. The fourth-order valence-corrected chi connectivity index (χ4v) is 4.02. The molecule has 0 radical (unpaired) electrons. The Bertz CT molecular complexity index is 1240. The summed E-state index contributed by atoms with van der Waals surface area (Å²) in [5.74, 6) is 0.773. The van der Waals surface area contributed by atoms with Crippen molar-refractivity contribution >= 4 is 17.4 Å². The Morgan fingerprint density at radius 3 is 2.29 bits per heavy atom. The molecule has 0 saturated carbocycles. The number of rotatable bonds is 5. The van der Waals surface area contributed by atoms with Crippen LogP contribution in [0.5, 0.6) is 0 Å².